The van der Waals surface area contributed by atoms with Crippen LogP contribution in [-0.4, -0.2) is 16.4 Å². The largest absolute Gasteiger partial charge is 0.391 e. The third-order valence-electron chi connectivity index (χ3n) is 5.61. The van der Waals surface area contributed by atoms with Gasteiger partial charge in [0.1, 0.15) is 0 Å². The van der Waals surface area contributed by atoms with Gasteiger partial charge in [0.25, 0.3) is 0 Å². The molecule has 0 saturated heterocycles. The van der Waals surface area contributed by atoms with E-state index in [0.717, 1.165) is 44.9 Å². The van der Waals surface area contributed by atoms with Crippen LogP contribution in [0, 0.1) is 11.3 Å². The van der Waals surface area contributed by atoms with E-state index in [1.807, 2.05) is 0 Å². The molecule has 0 aromatic carbocycles. The highest BCUT2D eigenvalue weighted by molar-refractivity contribution is 7.80. The van der Waals surface area contributed by atoms with Gasteiger partial charge < -0.3 is 11.1 Å². The molecular formula is C17H30N2OS. The van der Waals surface area contributed by atoms with Crippen LogP contribution in [0.3, 0.4) is 0 Å². The maximum atomic E-state index is 12.9. The smallest absolute Gasteiger partial charge is 0.224 e. The number of nitrogens with two attached hydrogens (primary N) is 1. The SMILES string of the molecule is CC1(C)CCCCC1C(=O)NC1(C(N)=S)CCCCCC1. The zero-order chi connectivity index (χ0) is 15.5. The zero-order valence-electron chi connectivity index (χ0n) is 13.5. The molecule has 2 rings (SSSR count). The molecule has 0 spiro atoms. The first kappa shape index (κ1) is 16.7. The van der Waals surface area contributed by atoms with Crippen LogP contribution in [0.4, 0.5) is 0 Å². The van der Waals surface area contributed by atoms with Crippen LogP contribution < -0.4 is 11.1 Å². The van der Waals surface area contributed by atoms with Crippen molar-refractivity contribution in [3.63, 3.8) is 0 Å². The van der Waals surface area contributed by atoms with Crippen molar-refractivity contribution < 1.29 is 4.79 Å². The number of carbonyl (C=O) groups excluding carboxylic acids is 1. The first-order valence-electron chi connectivity index (χ1n) is 8.49. The fourth-order valence-electron chi connectivity index (χ4n) is 4.07. The summed E-state index contributed by atoms with van der Waals surface area (Å²) in [5.41, 5.74) is 5.69. The van der Waals surface area contributed by atoms with Crippen molar-refractivity contribution >= 4 is 23.1 Å². The summed E-state index contributed by atoms with van der Waals surface area (Å²) in [4.78, 5) is 13.4. The molecule has 2 aliphatic carbocycles. The Morgan fingerprint density at radius 1 is 1.05 bits per heavy atom. The quantitative estimate of drug-likeness (QED) is 0.617. The minimum absolute atomic E-state index is 0.0878. The van der Waals surface area contributed by atoms with E-state index in [1.54, 1.807) is 0 Å². The van der Waals surface area contributed by atoms with Crippen molar-refractivity contribution in [2.75, 3.05) is 0 Å². The van der Waals surface area contributed by atoms with Gasteiger partial charge >= 0.3 is 0 Å². The van der Waals surface area contributed by atoms with E-state index in [1.165, 1.54) is 19.3 Å². The summed E-state index contributed by atoms with van der Waals surface area (Å²) in [6.45, 7) is 4.44. The van der Waals surface area contributed by atoms with Crippen molar-refractivity contribution in [1.82, 2.24) is 5.32 Å². The molecule has 21 heavy (non-hydrogen) atoms. The summed E-state index contributed by atoms with van der Waals surface area (Å²) in [6.07, 6.45) is 11.0. The lowest BCUT2D eigenvalue weighted by Crippen LogP contribution is -2.59. The Morgan fingerprint density at radius 3 is 2.14 bits per heavy atom. The number of thiocarbonyl (C=S) groups is 1. The first-order valence-corrected chi connectivity index (χ1v) is 8.90. The molecule has 1 unspecified atom stereocenters. The van der Waals surface area contributed by atoms with Gasteiger partial charge in [-0.1, -0.05) is 64.6 Å². The Morgan fingerprint density at radius 2 is 1.62 bits per heavy atom. The average Bonchev–Trinajstić information content (AvgIpc) is 2.64. The molecule has 0 aliphatic heterocycles. The van der Waals surface area contributed by atoms with Crippen molar-refractivity contribution in [3.05, 3.63) is 0 Å². The molecule has 0 heterocycles. The van der Waals surface area contributed by atoms with Crippen LogP contribution in [0.15, 0.2) is 0 Å². The Bertz CT molecular complexity index is 398. The third kappa shape index (κ3) is 3.77. The summed E-state index contributed by atoms with van der Waals surface area (Å²) in [5, 5.41) is 3.29. The third-order valence-corrected chi connectivity index (χ3v) is 6.01. The molecule has 120 valence electrons. The summed E-state index contributed by atoms with van der Waals surface area (Å²) in [7, 11) is 0. The van der Waals surface area contributed by atoms with Crippen molar-refractivity contribution in [2.24, 2.45) is 17.1 Å². The van der Waals surface area contributed by atoms with Gasteiger partial charge in [0.15, 0.2) is 0 Å². The number of hydrogen-bond acceptors (Lipinski definition) is 2. The predicted molar refractivity (Wildman–Crippen MR) is 91.1 cm³/mol. The Kier molecular flexibility index (Phi) is 5.29. The van der Waals surface area contributed by atoms with Gasteiger partial charge in [-0.05, 0) is 31.1 Å². The van der Waals surface area contributed by atoms with Crippen LogP contribution in [-0.2, 0) is 4.79 Å². The van der Waals surface area contributed by atoms with Gasteiger partial charge in [0.05, 0.1) is 10.5 Å². The normalized spacial score (nSPS) is 28.4. The predicted octanol–water partition coefficient (Wildman–Crippen LogP) is 3.70. The molecule has 1 amide bonds. The highest BCUT2D eigenvalue weighted by Gasteiger charge is 2.42. The minimum atomic E-state index is -0.434. The van der Waals surface area contributed by atoms with Gasteiger partial charge in [-0.25, -0.2) is 0 Å². The molecule has 3 nitrogen and oxygen atoms in total. The molecule has 2 fully saturated rings. The van der Waals surface area contributed by atoms with Crippen LogP contribution >= 0.6 is 12.2 Å². The molecule has 0 radical (unpaired) electrons. The number of carbonyl (C=O) groups is 1. The average molecular weight is 311 g/mol. The lowest BCUT2D eigenvalue weighted by Gasteiger charge is -2.41. The Hall–Kier alpha value is -0.640. The van der Waals surface area contributed by atoms with E-state index >= 15 is 0 Å². The summed E-state index contributed by atoms with van der Waals surface area (Å²) >= 11 is 5.33. The van der Waals surface area contributed by atoms with Crippen molar-refractivity contribution in [3.8, 4) is 0 Å². The van der Waals surface area contributed by atoms with Crippen LogP contribution in [0.25, 0.3) is 0 Å². The van der Waals surface area contributed by atoms with E-state index in [4.69, 9.17) is 18.0 Å². The molecule has 1 atom stereocenters. The number of rotatable bonds is 3. The van der Waals surface area contributed by atoms with Crippen molar-refractivity contribution in [2.45, 2.75) is 83.6 Å². The summed E-state index contributed by atoms with van der Waals surface area (Å²) < 4.78 is 0. The molecule has 0 aromatic heterocycles. The maximum Gasteiger partial charge on any atom is 0.224 e. The fraction of sp³-hybridized carbons (Fsp3) is 0.882. The number of nitrogens with one attached hydrogen (secondary N) is 1. The van der Waals surface area contributed by atoms with Gasteiger partial charge in [0.2, 0.25) is 5.91 Å². The fourth-order valence-corrected chi connectivity index (χ4v) is 4.32. The Labute approximate surface area is 134 Å². The van der Waals surface area contributed by atoms with Crippen LogP contribution in [0.1, 0.15) is 78.1 Å². The zero-order valence-corrected chi connectivity index (χ0v) is 14.4. The topological polar surface area (TPSA) is 55.1 Å². The van der Waals surface area contributed by atoms with Crippen molar-refractivity contribution in [1.29, 1.82) is 0 Å². The van der Waals surface area contributed by atoms with E-state index in [2.05, 4.69) is 19.2 Å². The van der Waals surface area contributed by atoms with Gasteiger partial charge in [-0.15, -0.1) is 0 Å². The van der Waals surface area contributed by atoms with E-state index in [9.17, 15) is 4.79 Å². The Balaban J connectivity index is 2.12. The van der Waals surface area contributed by atoms with Gasteiger partial charge in [-0.2, -0.15) is 0 Å². The summed E-state index contributed by atoms with van der Waals surface area (Å²) in [5.74, 6) is 0.273. The highest BCUT2D eigenvalue weighted by atomic mass is 32.1. The summed E-state index contributed by atoms with van der Waals surface area (Å²) in [6, 6.07) is 0. The molecular weight excluding hydrogens is 280 g/mol. The minimum Gasteiger partial charge on any atom is -0.391 e. The second-order valence-corrected chi connectivity index (χ2v) is 8.08. The monoisotopic (exact) mass is 310 g/mol. The second-order valence-electron chi connectivity index (χ2n) is 7.64. The second kappa shape index (κ2) is 6.64. The van der Waals surface area contributed by atoms with E-state index < -0.39 is 5.54 Å². The lowest BCUT2D eigenvalue weighted by atomic mass is 9.68. The first-order chi connectivity index (χ1) is 9.87. The molecule has 2 saturated carbocycles. The lowest BCUT2D eigenvalue weighted by molar-refractivity contribution is -0.131. The molecule has 0 bridgehead atoms. The maximum absolute atomic E-state index is 12.9. The van der Waals surface area contributed by atoms with E-state index in [0.29, 0.717) is 4.99 Å². The van der Waals surface area contributed by atoms with Gasteiger partial charge in [0, 0.05) is 5.92 Å². The number of amides is 1. The van der Waals surface area contributed by atoms with Gasteiger partial charge in [-0.3, -0.25) is 4.79 Å². The van der Waals surface area contributed by atoms with E-state index in [-0.39, 0.29) is 17.2 Å². The molecule has 3 N–H and O–H groups in total. The highest BCUT2D eigenvalue weighted by Crippen LogP contribution is 2.41. The number of hydrogen-bond donors (Lipinski definition) is 2. The molecule has 2 aliphatic rings. The van der Waals surface area contributed by atoms with Crippen LogP contribution in [0.2, 0.25) is 0 Å². The van der Waals surface area contributed by atoms with Crippen LogP contribution in [0.5, 0.6) is 0 Å². The standard InChI is InChI=1S/C17H30N2OS/c1-16(2)10-8-5-9-13(16)14(20)19-17(15(18)21)11-6-3-4-7-12-17/h13H,3-12H2,1-2H3,(H2,18,21)(H,19,20). The molecule has 4 heteroatoms. The molecule has 0 aromatic rings.